The van der Waals surface area contributed by atoms with Gasteiger partial charge in [0.25, 0.3) is 0 Å². The van der Waals surface area contributed by atoms with Crippen LogP contribution in [-0.4, -0.2) is 21.5 Å². The number of hydrogen-bond donors (Lipinski definition) is 2. The third-order valence-corrected chi connectivity index (χ3v) is 4.66. The van der Waals surface area contributed by atoms with Gasteiger partial charge in [0, 0.05) is 12.6 Å². The van der Waals surface area contributed by atoms with Gasteiger partial charge in [0.05, 0.1) is 18.0 Å². The molecule has 0 amide bonds. The number of benzene rings is 1. The quantitative estimate of drug-likeness (QED) is 0.694. The van der Waals surface area contributed by atoms with E-state index in [9.17, 15) is 5.11 Å². The Morgan fingerprint density at radius 2 is 1.96 bits per heavy atom. The average Bonchev–Trinajstić information content (AvgIpc) is 3.23. The lowest BCUT2D eigenvalue weighted by molar-refractivity contribution is 0.270. The molecule has 0 unspecified atom stereocenters. The van der Waals surface area contributed by atoms with Crippen molar-refractivity contribution in [2.45, 2.75) is 26.4 Å². The van der Waals surface area contributed by atoms with E-state index in [1.807, 2.05) is 22.2 Å². The van der Waals surface area contributed by atoms with Gasteiger partial charge in [-0.15, -0.1) is 11.3 Å². The zero-order valence-corrected chi connectivity index (χ0v) is 14.0. The molecule has 3 rings (SSSR count). The Morgan fingerprint density at radius 3 is 2.61 bits per heavy atom. The van der Waals surface area contributed by atoms with Gasteiger partial charge in [0.15, 0.2) is 0 Å². The number of nitrogens with one attached hydrogen (secondary N) is 1. The SMILES string of the molecule is CCc1ccc(CNc2cc(-c3cccs3)nn2CCO)cc1. The summed E-state index contributed by atoms with van der Waals surface area (Å²) in [4.78, 5) is 1.14. The second-order valence-electron chi connectivity index (χ2n) is 5.36. The van der Waals surface area contributed by atoms with Gasteiger partial charge >= 0.3 is 0 Å². The molecule has 3 aromatic rings. The molecule has 23 heavy (non-hydrogen) atoms. The molecule has 2 aromatic heterocycles. The molecule has 0 spiro atoms. The maximum Gasteiger partial charge on any atom is 0.125 e. The molecule has 4 nitrogen and oxygen atoms in total. The number of aliphatic hydroxyl groups excluding tert-OH is 1. The van der Waals surface area contributed by atoms with Gasteiger partial charge in [0.2, 0.25) is 0 Å². The van der Waals surface area contributed by atoms with Gasteiger partial charge in [-0.2, -0.15) is 5.10 Å². The summed E-state index contributed by atoms with van der Waals surface area (Å²) in [6.45, 7) is 3.46. The highest BCUT2D eigenvalue weighted by Gasteiger charge is 2.10. The summed E-state index contributed by atoms with van der Waals surface area (Å²) in [5.74, 6) is 0.932. The van der Waals surface area contributed by atoms with Gasteiger partial charge in [-0.05, 0) is 29.0 Å². The van der Waals surface area contributed by atoms with Crippen LogP contribution in [0.4, 0.5) is 5.82 Å². The normalized spacial score (nSPS) is 10.9. The van der Waals surface area contributed by atoms with Crippen molar-refractivity contribution >= 4 is 17.2 Å². The maximum absolute atomic E-state index is 9.24. The molecule has 0 atom stereocenters. The van der Waals surface area contributed by atoms with E-state index in [1.54, 1.807) is 11.3 Å². The Labute approximate surface area is 140 Å². The summed E-state index contributed by atoms with van der Waals surface area (Å²) >= 11 is 1.67. The number of anilines is 1. The van der Waals surface area contributed by atoms with Crippen molar-refractivity contribution in [3.05, 3.63) is 59.0 Å². The molecule has 2 heterocycles. The Kier molecular flexibility index (Phi) is 5.10. The second kappa shape index (κ2) is 7.44. The molecule has 2 N–H and O–H groups in total. The molecular weight excluding hydrogens is 306 g/mol. The third kappa shape index (κ3) is 3.81. The van der Waals surface area contributed by atoms with Crippen molar-refractivity contribution in [2.24, 2.45) is 0 Å². The van der Waals surface area contributed by atoms with Crippen LogP contribution in [0, 0.1) is 0 Å². The van der Waals surface area contributed by atoms with Crippen molar-refractivity contribution in [2.75, 3.05) is 11.9 Å². The first-order valence-electron chi connectivity index (χ1n) is 7.84. The smallest absolute Gasteiger partial charge is 0.125 e. The summed E-state index contributed by atoms with van der Waals surface area (Å²) in [6, 6.07) is 14.8. The summed E-state index contributed by atoms with van der Waals surface area (Å²) in [5.41, 5.74) is 3.52. The molecule has 0 fully saturated rings. The molecule has 0 bridgehead atoms. The Balaban J connectivity index is 1.75. The first-order valence-corrected chi connectivity index (χ1v) is 8.72. The number of aryl methyl sites for hydroxylation is 1. The minimum absolute atomic E-state index is 0.0748. The van der Waals surface area contributed by atoms with Gasteiger partial charge in [-0.25, -0.2) is 4.68 Å². The Morgan fingerprint density at radius 1 is 1.17 bits per heavy atom. The number of nitrogens with zero attached hydrogens (tertiary/aromatic N) is 2. The standard InChI is InChI=1S/C18H21N3OS/c1-2-14-5-7-15(8-6-14)13-19-18-12-16(17-4-3-11-23-17)20-21(18)9-10-22/h3-8,11-12,19,22H,2,9-10,13H2,1H3. The van der Waals surface area contributed by atoms with Crippen molar-refractivity contribution < 1.29 is 5.11 Å². The summed E-state index contributed by atoms with van der Waals surface area (Å²) in [6.07, 6.45) is 1.06. The minimum atomic E-state index is 0.0748. The molecule has 120 valence electrons. The molecule has 0 saturated carbocycles. The van der Waals surface area contributed by atoms with Crippen LogP contribution >= 0.6 is 11.3 Å². The van der Waals surface area contributed by atoms with Crippen LogP contribution < -0.4 is 5.32 Å². The Bertz CT molecular complexity index is 732. The largest absolute Gasteiger partial charge is 0.394 e. The molecule has 0 aliphatic heterocycles. The zero-order chi connectivity index (χ0) is 16.1. The van der Waals surface area contributed by atoms with E-state index >= 15 is 0 Å². The molecule has 0 radical (unpaired) electrons. The van der Waals surface area contributed by atoms with E-state index in [0.717, 1.165) is 29.4 Å². The van der Waals surface area contributed by atoms with Crippen molar-refractivity contribution in [1.29, 1.82) is 0 Å². The predicted molar refractivity (Wildman–Crippen MR) is 95.8 cm³/mol. The van der Waals surface area contributed by atoms with Gasteiger partial charge in [-0.1, -0.05) is 37.3 Å². The highest BCUT2D eigenvalue weighted by Crippen LogP contribution is 2.26. The maximum atomic E-state index is 9.24. The van der Waals surface area contributed by atoms with Crippen molar-refractivity contribution in [3.63, 3.8) is 0 Å². The summed E-state index contributed by atoms with van der Waals surface area (Å²) in [7, 11) is 0. The van der Waals surface area contributed by atoms with Gasteiger partial charge < -0.3 is 10.4 Å². The van der Waals surface area contributed by atoms with Crippen LogP contribution in [0.1, 0.15) is 18.1 Å². The number of hydrogen-bond acceptors (Lipinski definition) is 4. The van der Waals surface area contributed by atoms with Gasteiger partial charge in [0.1, 0.15) is 11.5 Å². The number of aliphatic hydroxyl groups is 1. The fourth-order valence-corrected chi connectivity index (χ4v) is 3.14. The number of thiophene rings is 1. The molecule has 5 heteroatoms. The minimum Gasteiger partial charge on any atom is -0.394 e. The van der Waals surface area contributed by atoms with E-state index in [1.165, 1.54) is 11.1 Å². The molecule has 1 aromatic carbocycles. The fourth-order valence-electron chi connectivity index (χ4n) is 2.45. The average molecular weight is 327 g/mol. The molecular formula is C18H21N3OS. The summed E-state index contributed by atoms with van der Waals surface area (Å²) < 4.78 is 1.83. The monoisotopic (exact) mass is 327 g/mol. The van der Waals surface area contributed by atoms with E-state index in [4.69, 9.17) is 0 Å². The molecule has 0 saturated heterocycles. The predicted octanol–water partition coefficient (Wildman–Crippen LogP) is 3.78. The summed E-state index contributed by atoms with van der Waals surface area (Å²) in [5, 5.41) is 19.3. The molecule has 0 aliphatic rings. The fraction of sp³-hybridized carbons (Fsp3) is 0.278. The topological polar surface area (TPSA) is 50.1 Å². The van der Waals surface area contributed by atoms with Crippen LogP contribution in [-0.2, 0) is 19.5 Å². The van der Waals surface area contributed by atoms with Crippen LogP contribution in [0.15, 0.2) is 47.8 Å². The lowest BCUT2D eigenvalue weighted by Crippen LogP contribution is -2.10. The van der Waals surface area contributed by atoms with Crippen LogP contribution in [0.25, 0.3) is 10.6 Å². The number of aromatic nitrogens is 2. The first kappa shape index (κ1) is 15.8. The highest BCUT2D eigenvalue weighted by atomic mass is 32.1. The van der Waals surface area contributed by atoms with Crippen LogP contribution in [0.5, 0.6) is 0 Å². The first-order chi connectivity index (χ1) is 11.3. The van der Waals surface area contributed by atoms with E-state index in [2.05, 4.69) is 47.7 Å². The van der Waals surface area contributed by atoms with Crippen LogP contribution in [0.2, 0.25) is 0 Å². The zero-order valence-electron chi connectivity index (χ0n) is 13.2. The lowest BCUT2D eigenvalue weighted by atomic mass is 10.1. The van der Waals surface area contributed by atoms with Crippen LogP contribution in [0.3, 0.4) is 0 Å². The lowest BCUT2D eigenvalue weighted by Gasteiger charge is -2.09. The second-order valence-corrected chi connectivity index (χ2v) is 6.31. The third-order valence-electron chi connectivity index (χ3n) is 3.77. The van der Waals surface area contributed by atoms with Crippen molar-refractivity contribution in [3.8, 4) is 10.6 Å². The van der Waals surface area contributed by atoms with E-state index < -0.39 is 0 Å². The molecule has 0 aliphatic carbocycles. The van der Waals surface area contributed by atoms with E-state index in [0.29, 0.717) is 6.54 Å². The Hall–Kier alpha value is -2.11. The number of rotatable bonds is 7. The van der Waals surface area contributed by atoms with Crippen molar-refractivity contribution in [1.82, 2.24) is 9.78 Å². The van der Waals surface area contributed by atoms with Gasteiger partial charge in [-0.3, -0.25) is 0 Å². The van der Waals surface area contributed by atoms with E-state index in [-0.39, 0.29) is 6.61 Å². The highest BCUT2D eigenvalue weighted by molar-refractivity contribution is 7.13.